The van der Waals surface area contributed by atoms with Crippen LogP contribution in [0.2, 0.25) is 0 Å². The highest BCUT2D eigenvalue weighted by Gasteiger charge is 2.28. The number of para-hydroxylation sites is 1. The van der Waals surface area contributed by atoms with Crippen LogP contribution in [0.3, 0.4) is 0 Å². The van der Waals surface area contributed by atoms with E-state index in [2.05, 4.69) is 37.4 Å². The number of nitrogens with one attached hydrogen (secondary N) is 1. The number of benzene rings is 2. The molecule has 31 heavy (non-hydrogen) atoms. The molecule has 1 saturated heterocycles. The lowest BCUT2D eigenvalue weighted by molar-refractivity contribution is -0.120. The highest BCUT2D eigenvalue weighted by atomic mass is 16.1. The highest BCUT2D eigenvalue weighted by Crippen LogP contribution is 2.29. The first kappa shape index (κ1) is 19.2. The number of aromatic nitrogens is 4. The Labute approximate surface area is 180 Å². The van der Waals surface area contributed by atoms with E-state index in [1.807, 2.05) is 55.5 Å². The van der Waals surface area contributed by atoms with Crippen molar-refractivity contribution in [2.45, 2.75) is 19.8 Å². The summed E-state index contributed by atoms with van der Waals surface area (Å²) in [7, 11) is 0. The molecule has 156 valence electrons. The molecule has 1 atom stereocenters. The predicted molar refractivity (Wildman–Crippen MR) is 121 cm³/mol. The number of amides is 1. The third-order valence-corrected chi connectivity index (χ3v) is 5.75. The molecule has 1 aliphatic rings. The first-order valence-electron chi connectivity index (χ1n) is 10.6. The van der Waals surface area contributed by atoms with Crippen LogP contribution in [0.15, 0.2) is 67.0 Å². The second-order valence-corrected chi connectivity index (χ2v) is 7.91. The molecule has 0 aliphatic carbocycles. The third kappa shape index (κ3) is 3.86. The van der Waals surface area contributed by atoms with Gasteiger partial charge in [0.15, 0.2) is 0 Å². The number of piperidine rings is 1. The molecule has 0 spiro atoms. The van der Waals surface area contributed by atoms with E-state index >= 15 is 0 Å². The maximum atomic E-state index is 13.2. The van der Waals surface area contributed by atoms with Gasteiger partial charge in [-0.2, -0.15) is 14.6 Å². The van der Waals surface area contributed by atoms with Crippen molar-refractivity contribution in [2.75, 3.05) is 23.3 Å². The molecule has 7 heteroatoms. The summed E-state index contributed by atoms with van der Waals surface area (Å²) in [5.74, 6) is 1.46. The van der Waals surface area contributed by atoms with Crippen LogP contribution in [-0.4, -0.2) is 38.6 Å². The van der Waals surface area contributed by atoms with Gasteiger partial charge in [-0.05, 0) is 31.4 Å². The molecular weight excluding hydrogens is 388 g/mol. The van der Waals surface area contributed by atoms with E-state index in [1.54, 1.807) is 4.52 Å². The second kappa shape index (κ2) is 8.18. The number of carbonyl (C=O) groups is 1. The van der Waals surface area contributed by atoms with Gasteiger partial charge in [0.2, 0.25) is 5.91 Å². The largest absolute Gasteiger partial charge is 0.356 e. The van der Waals surface area contributed by atoms with Gasteiger partial charge >= 0.3 is 0 Å². The molecule has 0 radical (unpaired) electrons. The molecule has 2 aromatic heterocycles. The van der Waals surface area contributed by atoms with E-state index in [-0.39, 0.29) is 11.8 Å². The van der Waals surface area contributed by atoms with Crippen molar-refractivity contribution in [3.8, 4) is 11.1 Å². The minimum atomic E-state index is -0.107. The van der Waals surface area contributed by atoms with Crippen molar-refractivity contribution in [2.24, 2.45) is 5.92 Å². The topological polar surface area (TPSA) is 75.4 Å². The summed E-state index contributed by atoms with van der Waals surface area (Å²) < 4.78 is 1.75. The Bertz CT molecular complexity index is 1220. The van der Waals surface area contributed by atoms with Gasteiger partial charge in [0, 0.05) is 36.1 Å². The van der Waals surface area contributed by atoms with Crippen LogP contribution in [0.1, 0.15) is 18.5 Å². The standard InChI is InChI=1S/C24H24N6O/c1-17-14-22(30-24(27-17)25-16-26-30)29-13-7-10-19(15-29)23(31)28-21-12-6-5-11-20(21)18-8-3-2-4-9-18/h2-6,8-9,11-12,14,16,19H,7,10,13,15H2,1H3,(H,28,31)/t19-/m1/s1. The number of hydrogen-bond donors (Lipinski definition) is 1. The Morgan fingerprint density at radius 1 is 1.10 bits per heavy atom. The van der Waals surface area contributed by atoms with Gasteiger partial charge < -0.3 is 10.2 Å². The quantitative estimate of drug-likeness (QED) is 0.549. The van der Waals surface area contributed by atoms with Crippen LogP contribution >= 0.6 is 0 Å². The Hall–Kier alpha value is -3.74. The lowest BCUT2D eigenvalue weighted by Crippen LogP contribution is -2.41. The zero-order chi connectivity index (χ0) is 21.2. The molecule has 1 N–H and O–H groups in total. The van der Waals surface area contributed by atoms with Crippen molar-refractivity contribution < 1.29 is 4.79 Å². The molecule has 0 saturated carbocycles. The molecule has 1 aliphatic heterocycles. The maximum absolute atomic E-state index is 13.2. The molecule has 7 nitrogen and oxygen atoms in total. The molecule has 1 fully saturated rings. The average Bonchev–Trinajstić information content (AvgIpc) is 3.28. The summed E-state index contributed by atoms with van der Waals surface area (Å²) in [6, 6.07) is 20.1. The average molecular weight is 412 g/mol. The molecular formula is C24H24N6O. The number of nitrogens with zero attached hydrogens (tertiary/aromatic N) is 5. The number of anilines is 2. The molecule has 0 unspecified atom stereocenters. The second-order valence-electron chi connectivity index (χ2n) is 7.91. The molecule has 4 aromatic rings. The Balaban J connectivity index is 1.37. The summed E-state index contributed by atoms with van der Waals surface area (Å²) in [5.41, 5.74) is 3.84. The number of fused-ring (bicyclic) bond motifs is 1. The summed E-state index contributed by atoms with van der Waals surface area (Å²) in [6.07, 6.45) is 3.32. The number of aryl methyl sites for hydroxylation is 1. The minimum Gasteiger partial charge on any atom is -0.356 e. The Kier molecular flexibility index (Phi) is 5.08. The zero-order valence-corrected chi connectivity index (χ0v) is 17.4. The van der Waals surface area contributed by atoms with Crippen molar-refractivity contribution >= 4 is 23.2 Å². The van der Waals surface area contributed by atoms with Crippen molar-refractivity contribution in [3.63, 3.8) is 0 Å². The van der Waals surface area contributed by atoms with Gasteiger partial charge in [0.05, 0.1) is 5.92 Å². The fourth-order valence-electron chi connectivity index (χ4n) is 4.23. The van der Waals surface area contributed by atoms with Crippen molar-refractivity contribution in [1.82, 2.24) is 19.6 Å². The summed E-state index contributed by atoms with van der Waals surface area (Å²) in [5, 5.41) is 7.50. The molecule has 0 bridgehead atoms. The van der Waals surface area contributed by atoms with E-state index in [9.17, 15) is 4.79 Å². The van der Waals surface area contributed by atoms with Crippen LogP contribution in [0.5, 0.6) is 0 Å². The van der Waals surface area contributed by atoms with Crippen molar-refractivity contribution in [1.29, 1.82) is 0 Å². The SMILES string of the molecule is Cc1cc(N2CCC[C@@H](C(=O)Nc3ccccc3-c3ccccc3)C2)n2ncnc2n1. The van der Waals surface area contributed by atoms with E-state index in [4.69, 9.17) is 0 Å². The smallest absolute Gasteiger partial charge is 0.254 e. The van der Waals surface area contributed by atoms with Gasteiger partial charge in [-0.15, -0.1) is 0 Å². The third-order valence-electron chi connectivity index (χ3n) is 5.75. The molecule has 1 amide bonds. The van der Waals surface area contributed by atoms with E-state index in [1.165, 1.54) is 6.33 Å². The predicted octanol–water partition coefficient (Wildman–Crippen LogP) is 3.95. The van der Waals surface area contributed by atoms with Crippen LogP contribution < -0.4 is 10.2 Å². The fraction of sp³-hybridized carbons (Fsp3) is 0.250. The lowest BCUT2D eigenvalue weighted by Gasteiger charge is -2.33. The summed E-state index contributed by atoms with van der Waals surface area (Å²) in [6.45, 7) is 3.47. The number of hydrogen-bond acceptors (Lipinski definition) is 5. The molecule has 3 heterocycles. The van der Waals surface area contributed by atoms with Gasteiger partial charge in [-0.25, -0.2) is 4.98 Å². The number of carbonyl (C=O) groups excluding carboxylic acids is 1. The normalized spacial score (nSPS) is 16.4. The van der Waals surface area contributed by atoms with Crippen LogP contribution in [-0.2, 0) is 4.79 Å². The van der Waals surface area contributed by atoms with Crippen LogP contribution in [0, 0.1) is 12.8 Å². The van der Waals surface area contributed by atoms with E-state index in [0.29, 0.717) is 12.3 Å². The lowest BCUT2D eigenvalue weighted by atomic mass is 9.96. The van der Waals surface area contributed by atoms with Crippen molar-refractivity contribution in [3.05, 3.63) is 72.7 Å². The summed E-state index contributed by atoms with van der Waals surface area (Å²) in [4.78, 5) is 24.1. The first-order valence-corrected chi connectivity index (χ1v) is 10.6. The summed E-state index contributed by atoms with van der Waals surface area (Å²) >= 11 is 0. The monoisotopic (exact) mass is 412 g/mol. The Morgan fingerprint density at radius 2 is 1.90 bits per heavy atom. The highest BCUT2D eigenvalue weighted by molar-refractivity contribution is 5.97. The van der Waals surface area contributed by atoms with E-state index < -0.39 is 0 Å². The van der Waals surface area contributed by atoms with E-state index in [0.717, 1.165) is 47.7 Å². The number of rotatable bonds is 4. The van der Waals surface area contributed by atoms with Gasteiger partial charge in [-0.1, -0.05) is 48.5 Å². The van der Waals surface area contributed by atoms with Crippen LogP contribution in [0.4, 0.5) is 11.5 Å². The zero-order valence-electron chi connectivity index (χ0n) is 17.4. The Morgan fingerprint density at radius 3 is 2.77 bits per heavy atom. The fourth-order valence-corrected chi connectivity index (χ4v) is 4.23. The first-order chi connectivity index (χ1) is 15.2. The maximum Gasteiger partial charge on any atom is 0.254 e. The van der Waals surface area contributed by atoms with Gasteiger partial charge in [0.1, 0.15) is 12.1 Å². The van der Waals surface area contributed by atoms with Crippen LogP contribution in [0.25, 0.3) is 16.9 Å². The van der Waals surface area contributed by atoms with Gasteiger partial charge in [-0.3, -0.25) is 4.79 Å². The minimum absolute atomic E-state index is 0.0497. The molecule has 5 rings (SSSR count). The molecule has 2 aromatic carbocycles. The van der Waals surface area contributed by atoms with Gasteiger partial charge in [0.25, 0.3) is 5.78 Å².